The number of nitrogens with one attached hydrogen (secondary N) is 1. The van der Waals surface area contributed by atoms with E-state index in [4.69, 9.17) is 0 Å². The molecule has 8 nitrogen and oxygen atoms in total. The summed E-state index contributed by atoms with van der Waals surface area (Å²) in [5, 5.41) is 3.38. The third-order valence-corrected chi connectivity index (χ3v) is 7.11. The van der Waals surface area contributed by atoms with Crippen LogP contribution in [0.1, 0.15) is 18.4 Å². The van der Waals surface area contributed by atoms with Gasteiger partial charge in [-0.2, -0.15) is 0 Å². The fourth-order valence-electron chi connectivity index (χ4n) is 4.21. The van der Waals surface area contributed by atoms with E-state index < -0.39 is 15.4 Å². The molecule has 1 N–H and O–H groups in total. The molecule has 1 unspecified atom stereocenters. The minimum absolute atomic E-state index is 0.0606. The third kappa shape index (κ3) is 2.50. The highest BCUT2D eigenvalue weighted by Gasteiger charge is 2.55. The molecule has 3 heterocycles. The fraction of sp³-hybridized carbons (Fsp3) is 0.350. The molecule has 0 radical (unpaired) electrons. The standard InChI is InChI=1S/C20H20N4O4S/c1-23-10-14(12-4-7-21-17(12)18(23)25)13-8-11(29(3,27)28)9-15-16(13)22-20(5-6-20)19(26)24(15)2/h4,7-10,12,22H,5-6H2,1-3H3. The maximum absolute atomic E-state index is 12.8. The molecular formula is C20H20N4O4S. The summed E-state index contributed by atoms with van der Waals surface area (Å²) in [5.74, 6) is -0.595. The van der Waals surface area contributed by atoms with Gasteiger partial charge in [-0.25, -0.2) is 8.42 Å². The van der Waals surface area contributed by atoms with E-state index in [1.54, 1.807) is 32.6 Å². The van der Waals surface area contributed by atoms with Crippen molar-refractivity contribution >= 4 is 44.3 Å². The van der Waals surface area contributed by atoms with Gasteiger partial charge in [-0.1, -0.05) is 6.08 Å². The topological polar surface area (TPSA) is 99.2 Å². The molecule has 3 aliphatic heterocycles. The second kappa shape index (κ2) is 5.56. The van der Waals surface area contributed by atoms with Crippen LogP contribution in [0.15, 0.2) is 40.5 Å². The molecule has 1 atom stereocenters. The van der Waals surface area contributed by atoms with Crippen molar-refractivity contribution in [1.29, 1.82) is 0 Å². The van der Waals surface area contributed by atoms with Crippen LogP contribution in [0.5, 0.6) is 0 Å². The van der Waals surface area contributed by atoms with E-state index in [2.05, 4.69) is 10.3 Å². The van der Waals surface area contributed by atoms with Crippen LogP contribution in [0.4, 0.5) is 11.4 Å². The summed E-state index contributed by atoms with van der Waals surface area (Å²) in [4.78, 5) is 32.6. The molecule has 2 amide bonds. The van der Waals surface area contributed by atoms with Crippen molar-refractivity contribution < 1.29 is 18.0 Å². The van der Waals surface area contributed by atoms with Gasteiger partial charge in [-0.05, 0) is 30.5 Å². The van der Waals surface area contributed by atoms with Crippen molar-refractivity contribution in [3.05, 3.63) is 36.2 Å². The average molecular weight is 412 g/mol. The Morgan fingerprint density at radius 1 is 1.21 bits per heavy atom. The van der Waals surface area contributed by atoms with Gasteiger partial charge in [-0.3, -0.25) is 14.6 Å². The van der Waals surface area contributed by atoms with E-state index in [0.717, 1.165) is 24.7 Å². The number of allylic oxidation sites excluding steroid dienone is 2. The first kappa shape index (κ1) is 18.1. The van der Waals surface area contributed by atoms with E-state index in [0.29, 0.717) is 22.6 Å². The summed E-state index contributed by atoms with van der Waals surface area (Å²) in [6.07, 6.45) is 7.76. The highest BCUT2D eigenvalue weighted by molar-refractivity contribution is 7.90. The van der Waals surface area contributed by atoms with Gasteiger partial charge in [0, 0.05) is 38.3 Å². The summed E-state index contributed by atoms with van der Waals surface area (Å²) < 4.78 is 24.8. The molecule has 1 saturated carbocycles. The largest absolute Gasteiger partial charge is 0.369 e. The van der Waals surface area contributed by atoms with Crippen LogP contribution in [0.25, 0.3) is 5.57 Å². The quantitative estimate of drug-likeness (QED) is 0.792. The van der Waals surface area contributed by atoms with Gasteiger partial charge in [-0.15, -0.1) is 0 Å². The molecule has 0 saturated heterocycles. The summed E-state index contributed by atoms with van der Waals surface area (Å²) in [6, 6.07) is 3.16. The Hall–Kier alpha value is -2.94. The van der Waals surface area contributed by atoms with Crippen molar-refractivity contribution in [3.8, 4) is 0 Å². The number of fused-ring (bicyclic) bond motifs is 2. The van der Waals surface area contributed by atoms with Crippen LogP contribution in [-0.4, -0.2) is 56.7 Å². The van der Waals surface area contributed by atoms with Crippen molar-refractivity contribution in [3.63, 3.8) is 0 Å². The molecule has 1 aromatic carbocycles. The maximum Gasteiger partial charge on any atom is 0.272 e. The summed E-state index contributed by atoms with van der Waals surface area (Å²) >= 11 is 0. The Bertz CT molecular complexity index is 1190. The minimum atomic E-state index is -3.52. The molecule has 0 bridgehead atoms. The molecular weight excluding hydrogens is 392 g/mol. The monoisotopic (exact) mass is 412 g/mol. The van der Waals surface area contributed by atoms with Crippen molar-refractivity contribution in [1.82, 2.24) is 4.90 Å². The summed E-state index contributed by atoms with van der Waals surface area (Å²) in [6.45, 7) is 0. The molecule has 1 aromatic rings. The zero-order valence-corrected chi connectivity index (χ0v) is 17.1. The molecule has 9 heteroatoms. The van der Waals surface area contributed by atoms with Crippen LogP contribution in [0.3, 0.4) is 0 Å². The average Bonchev–Trinajstić information content (AvgIpc) is 3.26. The molecule has 0 aromatic heterocycles. The Morgan fingerprint density at radius 2 is 1.93 bits per heavy atom. The van der Waals surface area contributed by atoms with Crippen LogP contribution in [-0.2, 0) is 19.4 Å². The number of hydrogen-bond acceptors (Lipinski definition) is 6. The first-order valence-corrected chi connectivity index (χ1v) is 11.2. The zero-order valence-electron chi connectivity index (χ0n) is 16.3. The highest BCUT2D eigenvalue weighted by Crippen LogP contribution is 2.51. The number of rotatable bonds is 2. The van der Waals surface area contributed by atoms with Gasteiger partial charge in [0.05, 0.1) is 22.2 Å². The molecule has 1 spiro atoms. The van der Waals surface area contributed by atoms with Gasteiger partial charge in [0.2, 0.25) is 0 Å². The first-order valence-electron chi connectivity index (χ1n) is 9.30. The van der Waals surface area contributed by atoms with E-state index in [9.17, 15) is 18.0 Å². The third-order valence-electron chi connectivity index (χ3n) is 6.01. The number of aliphatic imine (C=N–C) groups is 1. The second-order valence-corrected chi connectivity index (χ2v) is 10.1. The number of likely N-dealkylation sites (N-methyl/N-ethyl adjacent to an activating group) is 1. The molecule has 29 heavy (non-hydrogen) atoms. The van der Waals surface area contributed by atoms with E-state index >= 15 is 0 Å². The number of benzene rings is 1. The Balaban J connectivity index is 1.78. The molecule has 1 aliphatic carbocycles. The van der Waals surface area contributed by atoms with Crippen LogP contribution in [0.2, 0.25) is 0 Å². The number of amides is 2. The Labute approximate surface area is 168 Å². The lowest BCUT2D eigenvalue weighted by Gasteiger charge is -2.36. The van der Waals surface area contributed by atoms with Crippen LogP contribution in [0, 0.1) is 5.92 Å². The van der Waals surface area contributed by atoms with Gasteiger partial charge in [0.1, 0.15) is 11.3 Å². The van der Waals surface area contributed by atoms with Gasteiger partial charge < -0.3 is 15.1 Å². The second-order valence-electron chi connectivity index (χ2n) is 8.04. The summed E-state index contributed by atoms with van der Waals surface area (Å²) in [5.41, 5.74) is 2.45. The van der Waals surface area contributed by atoms with Gasteiger partial charge in [0.15, 0.2) is 9.84 Å². The zero-order chi connectivity index (χ0) is 20.7. The Morgan fingerprint density at radius 3 is 2.59 bits per heavy atom. The normalized spacial score (nSPS) is 24.2. The van der Waals surface area contributed by atoms with Crippen molar-refractivity contribution in [2.75, 3.05) is 30.6 Å². The SMILES string of the molecule is CN1C=C(c2cc(S(C)(=O)=O)cc3c2NC2(CC2)C(=O)N3C)C2C=CN=C2C1=O. The Kier molecular flexibility index (Phi) is 3.48. The number of sulfone groups is 1. The predicted octanol–water partition coefficient (Wildman–Crippen LogP) is 1.41. The molecule has 150 valence electrons. The number of carbonyl (C=O) groups is 2. The van der Waals surface area contributed by atoms with Crippen molar-refractivity contribution in [2.24, 2.45) is 10.9 Å². The van der Waals surface area contributed by atoms with E-state index in [-0.39, 0.29) is 22.6 Å². The van der Waals surface area contributed by atoms with Gasteiger partial charge >= 0.3 is 0 Å². The lowest BCUT2D eigenvalue weighted by molar-refractivity contribution is -0.121. The number of nitrogens with zero attached hydrogens (tertiary/aromatic N) is 3. The molecule has 4 aliphatic rings. The number of anilines is 2. The smallest absolute Gasteiger partial charge is 0.272 e. The fourth-order valence-corrected chi connectivity index (χ4v) is 4.87. The van der Waals surface area contributed by atoms with E-state index in [1.807, 2.05) is 6.08 Å². The molecule has 5 rings (SSSR count). The maximum atomic E-state index is 12.8. The first-order chi connectivity index (χ1) is 13.6. The lowest BCUT2D eigenvalue weighted by Crippen LogP contribution is -2.47. The van der Waals surface area contributed by atoms with Crippen LogP contribution >= 0.6 is 0 Å². The van der Waals surface area contributed by atoms with Crippen molar-refractivity contribution in [2.45, 2.75) is 23.3 Å². The number of carbonyl (C=O) groups excluding carboxylic acids is 2. The summed E-state index contributed by atoms with van der Waals surface area (Å²) in [7, 11) is -0.197. The minimum Gasteiger partial charge on any atom is -0.369 e. The lowest BCUT2D eigenvalue weighted by atomic mass is 9.85. The van der Waals surface area contributed by atoms with E-state index in [1.165, 1.54) is 15.9 Å². The highest BCUT2D eigenvalue weighted by atomic mass is 32.2. The predicted molar refractivity (Wildman–Crippen MR) is 109 cm³/mol. The van der Waals surface area contributed by atoms with Gasteiger partial charge in [0.25, 0.3) is 11.8 Å². The van der Waals surface area contributed by atoms with Crippen LogP contribution < -0.4 is 10.2 Å². The molecule has 1 fully saturated rings. The number of hydrogen-bond donors (Lipinski definition) is 1.